The molecule has 1 unspecified atom stereocenters. The molecule has 3 aromatic carbocycles. The zero-order valence-electron chi connectivity index (χ0n) is 20.7. The number of halogens is 1. The molecule has 4 aromatic rings. The van der Waals surface area contributed by atoms with Crippen LogP contribution in [-0.2, 0) is 6.61 Å². The van der Waals surface area contributed by atoms with Crippen LogP contribution < -0.4 is 10.1 Å². The van der Waals surface area contributed by atoms with E-state index in [2.05, 4.69) is 41.1 Å². The Labute approximate surface area is 222 Å². The maximum absolute atomic E-state index is 12.7. The monoisotopic (exact) mass is 508 g/mol. The molecule has 5 rings (SSSR count). The molecule has 1 atom stereocenters. The molecule has 4 nitrogen and oxygen atoms in total. The van der Waals surface area contributed by atoms with E-state index in [-0.39, 0.29) is 5.91 Å². The number of amides is 1. The van der Waals surface area contributed by atoms with Crippen molar-refractivity contribution in [1.29, 1.82) is 0 Å². The minimum Gasteiger partial charge on any atom is -0.488 e. The first-order valence-electron chi connectivity index (χ1n) is 12.5. The third kappa shape index (κ3) is 5.87. The molecule has 0 aliphatic heterocycles. The summed E-state index contributed by atoms with van der Waals surface area (Å²) in [5.74, 6) is 1.04. The second-order valence-electron chi connectivity index (χ2n) is 9.18. The van der Waals surface area contributed by atoms with Crippen molar-refractivity contribution in [2.75, 3.05) is 6.54 Å². The Morgan fingerprint density at radius 2 is 1.81 bits per heavy atom. The second-order valence-corrected chi connectivity index (χ2v) is 9.61. The van der Waals surface area contributed by atoms with Crippen molar-refractivity contribution in [2.24, 2.45) is 5.92 Å². The van der Waals surface area contributed by atoms with E-state index in [0.29, 0.717) is 29.7 Å². The molecule has 186 valence electrons. The number of carbonyl (C=O) groups excluding carboxylic acids is 1. The number of rotatable bonds is 8. The Hall–Kier alpha value is -4.02. The van der Waals surface area contributed by atoms with Crippen LogP contribution in [0.15, 0.2) is 109 Å². The van der Waals surface area contributed by atoms with E-state index in [0.717, 1.165) is 40.4 Å². The summed E-state index contributed by atoms with van der Waals surface area (Å²) in [4.78, 5) is 12.7. The van der Waals surface area contributed by atoms with Crippen molar-refractivity contribution in [1.82, 2.24) is 9.88 Å². The van der Waals surface area contributed by atoms with Crippen LogP contribution in [-0.4, -0.2) is 17.0 Å². The van der Waals surface area contributed by atoms with E-state index < -0.39 is 0 Å². The molecular weight excluding hydrogens is 480 g/mol. The van der Waals surface area contributed by atoms with E-state index in [1.54, 1.807) is 0 Å². The Morgan fingerprint density at radius 1 is 1.00 bits per heavy atom. The predicted octanol–water partition coefficient (Wildman–Crippen LogP) is 7.55. The van der Waals surface area contributed by atoms with Gasteiger partial charge in [-0.15, -0.1) is 0 Å². The molecule has 1 N–H and O–H groups in total. The summed E-state index contributed by atoms with van der Waals surface area (Å²) in [6, 6.07) is 27.6. The number of aromatic nitrogens is 1. The minimum absolute atomic E-state index is 0.0644. The lowest BCUT2D eigenvalue weighted by molar-refractivity contribution is 0.0949. The van der Waals surface area contributed by atoms with E-state index in [4.69, 9.17) is 16.3 Å². The number of nitrogens with one attached hydrogen (secondary N) is 1. The zero-order chi connectivity index (χ0) is 25.6. The number of aryl methyl sites for hydroxylation is 1. The van der Waals surface area contributed by atoms with Crippen LogP contribution in [0.3, 0.4) is 0 Å². The molecule has 1 aliphatic carbocycles. The summed E-state index contributed by atoms with van der Waals surface area (Å²) in [5, 5.41) is 3.69. The second kappa shape index (κ2) is 11.4. The third-order valence-corrected chi connectivity index (χ3v) is 6.75. The summed E-state index contributed by atoms with van der Waals surface area (Å²) in [5.41, 5.74) is 5.65. The molecule has 0 saturated heterocycles. The summed E-state index contributed by atoms with van der Waals surface area (Å²) in [7, 11) is 0. The van der Waals surface area contributed by atoms with Gasteiger partial charge in [-0.3, -0.25) is 4.79 Å². The van der Waals surface area contributed by atoms with E-state index in [1.165, 1.54) is 0 Å². The molecule has 1 heterocycles. The Kier molecular flexibility index (Phi) is 7.57. The molecule has 0 bridgehead atoms. The van der Waals surface area contributed by atoms with Gasteiger partial charge in [0.05, 0.1) is 5.69 Å². The number of nitrogens with zero attached hydrogens (tertiary/aromatic N) is 1. The van der Waals surface area contributed by atoms with Gasteiger partial charge in [0.15, 0.2) is 0 Å². The number of benzene rings is 3. The first kappa shape index (κ1) is 24.7. The van der Waals surface area contributed by atoms with Gasteiger partial charge in [0, 0.05) is 34.1 Å². The van der Waals surface area contributed by atoms with Gasteiger partial charge in [-0.05, 0) is 79.4 Å². The average molecular weight is 509 g/mol. The normalized spacial score (nSPS) is 14.5. The summed E-state index contributed by atoms with van der Waals surface area (Å²) in [6.45, 7) is 3.15. The summed E-state index contributed by atoms with van der Waals surface area (Å²) < 4.78 is 8.38. The van der Waals surface area contributed by atoms with Crippen LogP contribution in [0.4, 0.5) is 0 Å². The fourth-order valence-corrected chi connectivity index (χ4v) is 4.70. The van der Waals surface area contributed by atoms with Gasteiger partial charge in [0.2, 0.25) is 0 Å². The van der Waals surface area contributed by atoms with Crippen molar-refractivity contribution >= 4 is 17.5 Å². The Bertz CT molecular complexity index is 1440. The minimum atomic E-state index is -0.0644. The lowest BCUT2D eigenvalue weighted by Crippen LogP contribution is -2.28. The van der Waals surface area contributed by atoms with Crippen LogP contribution >= 0.6 is 11.6 Å². The van der Waals surface area contributed by atoms with Crippen LogP contribution in [0.25, 0.3) is 16.9 Å². The molecule has 1 aromatic heterocycles. The highest BCUT2D eigenvalue weighted by molar-refractivity contribution is 6.31. The van der Waals surface area contributed by atoms with Crippen LogP contribution in [0.1, 0.15) is 28.0 Å². The van der Waals surface area contributed by atoms with Gasteiger partial charge in [-0.1, -0.05) is 66.2 Å². The molecule has 37 heavy (non-hydrogen) atoms. The SMILES string of the molecule is Cc1ccc(-c2cc(Cl)ccc2OCc2ccccc2)n1-c1ccc(C(=O)NCC2C=CC=CC2)cc1. The van der Waals surface area contributed by atoms with Gasteiger partial charge >= 0.3 is 0 Å². The smallest absolute Gasteiger partial charge is 0.251 e. The number of ether oxygens (including phenoxy) is 1. The van der Waals surface area contributed by atoms with Crippen LogP contribution in [0, 0.1) is 12.8 Å². The largest absolute Gasteiger partial charge is 0.488 e. The van der Waals surface area contributed by atoms with Crippen molar-refractivity contribution in [3.63, 3.8) is 0 Å². The maximum atomic E-state index is 12.7. The van der Waals surface area contributed by atoms with Crippen LogP contribution in [0.2, 0.25) is 5.02 Å². The van der Waals surface area contributed by atoms with Crippen molar-refractivity contribution in [2.45, 2.75) is 20.0 Å². The van der Waals surface area contributed by atoms with Gasteiger partial charge in [-0.2, -0.15) is 0 Å². The molecule has 0 fully saturated rings. The average Bonchev–Trinajstić information content (AvgIpc) is 3.33. The fraction of sp³-hybridized carbons (Fsp3) is 0.156. The topological polar surface area (TPSA) is 43.3 Å². The maximum Gasteiger partial charge on any atom is 0.251 e. The highest BCUT2D eigenvalue weighted by atomic mass is 35.5. The number of carbonyl (C=O) groups is 1. The van der Waals surface area contributed by atoms with Crippen LogP contribution in [0.5, 0.6) is 5.75 Å². The quantitative estimate of drug-likeness (QED) is 0.267. The lowest BCUT2D eigenvalue weighted by Gasteiger charge is -2.17. The molecular formula is C32H29ClN2O2. The molecule has 0 saturated carbocycles. The molecule has 5 heteroatoms. The standard InChI is InChI=1S/C32H29ClN2O2/c1-23-12-18-30(29-20-27(33)15-19-31(29)37-22-25-10-6-3-7-11-25)35(23)28-16-13-26(14-17-28)32(36)34-21-24-8-4-2-5-9-24/h2-8,10-20,24H,9,21-22H2,1H3,(H,34,36). The van der Waals surface area contributed by atoms with Crippen molar-refractivity contribution in [3.05, 3.63) is 131 Å². The van der Waals surface area contributed by atoms with Gasteiger partial charge < -0.3 is 14.6 Å². The third-order valence-electron chi connectivity index (χ3n) is 6.51. The first-order chi connectivity index (χ1) is 18.1. The molecule has 1 amide bonds. The van der Waals surface area contributed by atoms with E-state index in [1.807, 2.05) is 84.9 Å². The summed E-state index contributed by atoms with van der Waals surface area (Å²) in [6.07, 6.45) is 9.28. The Morgan fingerprint density at radius 3 is 2.57 bits per heavy atom. The predicted molar refractivity (Wildman–Crippen MR) is 150 cm³/mol. The highest BCUT2D eigenvalue weighted by Gasteiger charge is 2.16. The number of hydrogen-bond donors (Lipinski definition) is 1. The lowest BCUT2D eigenvalue weighted by atomic mass is 10.0. The van der Waals surface area contributed by atoms with Gasteiger partial charge in [-0.25, -0.2) is 0 Å². The summed E-state index contributed by atoms with van der Waals surface area (Å²) >= 11 is 6.41. The highest BCUT2D eigenvalue weighted by Crippen LogP contribution is 2.36. The van der Waals surface area contributed by atoms with E-state index >= 15 is 0 Å². The molecule has 0 radical (unpaired) electrons. The zero-order valence-corrected chi connectivity index (χ0v) is 21.5. The van der Waals surface area contributed by atoms with E-state index in [9.17, 15) is 4.79 Å². The molecule has 0 spiro atoms. The number of hydrogen-bond acceptors (Lipinski definition) is 2. The van der Waals surface area contributed by atoms with Gasteiger partial charge in [0.1, 0.15) is 12.4 Å². The Balaban J connectivity index is 1.37. The first-order valence-corrected chi connectivity index (χ1v) is 12.8. The fourth-order valence-electron chi connectivity index (χ4n) is 4.53. The number of allylic oxidation sites excluding steroid dienone is 3. The van der Waals surface area contributed by atoms with Gasteiger partial charge in [0.25, 0.3) is 5.91 Å². The van der Waals surface area contributed by atoms with Crippen molar-refractivity contribution < 1.29 is 9.53 Å². The van der Waals surface area contributed by atoms with Crippen molar-refractivity contribution in [3.8, 4) is 22.7 Å². The molecule has 1 aliphatic rings.